The summed E-state index contributed by atoms with van der Waals surface area (Å²) in [5, 5.41) is 3.07. The highest BCUT2D eigenvalue weighted by molar-refractivity contribution is 7.89. The second-order valence-corrected chi connectivity index (χ2v) is 11.6. The zero-order chi connectivity index (χ0) is 24.3. The minimum atomic E-state index is -3.76. The van der Waals surface area contributed by atoms with Crippen molar-refractivity contribution in [1.82, 2.24) is 9.62 Å². The highest BCUT2D eigenvalue weighted by atomic mass is 32.2. The van der Waals surface area contributed by atoms with Crippen LogP contribution in [0.2, 0.25) is 0 Å². The molecular formula is C26H34FN3O3S. The Morgan fingerprint density at radius 2 is 1.65 bits per heavy atom. The van der Waals surface area contributed by atoms with Gasteiger partial charge in [-0.3, -0.25) is 4.79 Å². The lowest BCUT2D eigenvalue weighted by Gasteiger charge is -2.32. The summed E-state index contributed by atoms with van der Waals surface area (Å²) in [6.07, 6.45) is 3.67. The molecule has 2 fully saturated rings. The number of rotatable bonds is 6. The van der Waals surface area contributed by atoms with Crippen LogP contribution in [0.3, 0.4) is 0 Å². The number of anilines is 1. The molecule has 2 aromatic rings. The lowest BCUT2D eigenvalue weighted by molar-refractivity contribution is -0.126. The Morgan fingerprint density at radius 3 is 2.29 bits per heavy atom. The van der Waals surface area contributed by atoms with Crippen LogP contribution in [0.25, 0.3) is 0 Å². The number of benzene rings is 2. The van der Waals surface area contributed by atoms with Gasteiger partial charge in [-0.25, -0.2) is 12.8 Å². The van der Waals surface area contributed by atoms with Crippen molar-refractivity contribution in [3.8, 4) is 0 Å². The molecule has 0 unspecified atom stereocenters. The van der Waals surface area contributed by atoms with Gasteiger partial charge in [0.25, 0.3) is 0 Å². The number of hydrogen-bond acceptors (Lipinski definition) is 4. The van der Waals surface area contributed by atoms with Crippen LogP contribution in [0.5, 0.6) is 0 Å². The van der Waals surface area contributed by atoms with E-state index in [0.717, 1.165) is 36.7 Å². The van der Waals surface area contributed by atoms with Crippen LogP contribution in [0.15, 0.2) is 53.4 Å². The van der Waals surface area contributed by atoms with E-state index in [1.165, 1.54) is 35.0 Å². The van der Waals surface area contributed by atoms with Crippen LogP contribution in [-0.2, 0) is 14.8 Å². The van der Waals surface area contributed by atoms with Gasteiger partial charge >= 0.3 is 0 Å². The maximum Gasteiger partial charge on any atom is 0.243 e. The Kier molecular flexibility index (Phi) is 7.57. The summed E-state index contributed by atoms with van der Waals surface area (Å²) in [5.74, 6) is -0.254. The van der Waals surface area contributed by atoms with Crippen molar-refractivity contribution in [3.05, 3.63) is 59.9 Å². The normalized spacial score (nSPS) is 21.3. The fraction of sp³-hybridized carbons (Fsp3) is 0.500. The molecule has 2 atom stereocenters. The van der Waals surface area contributed by atoms with E-state index in [0.29, 0.717) is 19.4 Å². The maximum atomic E-state index is 13.2. The van der Waals surface area contributed by atoms with E-state index in [9.17, 15) is 17.6 Å². The third kappa shape index (κ3) is 5.61. The number of piperidine rings is 2. The molecule has 6 nitrogen and oxygen atoms in total. The second kappa shape index (κ2) is 10.4. The van der Waals surface area contributed by atoms with Gasteiger partial charge in [0.1, 0.15) is 5.82 Å². The van der Waals surface area contributed by atoms with Gasteiger partial charge in [-0.15, -0.1) is 0 Å². The van der Waals surface area contributed by atoms with Crippen LogP contribution in [0.1, 0.15) is 51.1 Å². The largest absolute Gasteiger partial charge is 0.372 e. The first-order valence-corrected chi connectivity index (χ1v) is 13.6. The van der Waals surface area contributed by atoms with Gasteiger partial charge in [0, 0.05) is 31.9 Å². The molecule has 2 heterocycles. The zero-order valence-corrected chi connectivity index (χ0v) is 20.7. The summed E-state index contributed by atoms with van der Waals surface area (Å²) in [6, 6.07) is 13.0. The van der Waals surface area contributed by atoms with Gasteiger partial charge in [0.15, 0.2) is 0 Å². The first kappa shape index (κ1) is 24.7. The number of carbonyl (C=O) groups is 1. The lowest BCUT2D eigenvalue weighted by Crippen LogP contribution is -2.45. The van der Waals surface area contributed by atoms with Crippen LogP contribution in [0, 0.1) is 17.7 Å². The highest BCUT2D eigenvalue weighted by Gasteiger charge is 2.33. The first-order chi connectivity index (χ1) is 16.2. The van der Waals surface area contributed by atoms with Crippen LogP contribution in [0.4, 0.5) is 10.1 Å². The number of amides is 1. The Hall–Kier alpha value is -2.45. The fourth-order valence-electron chi connectivity index (χ4n) is 4.79. The van der Waals surface area contributed by atoms with Crippen molar-refractivity contribution in [2.45, 2.75) is 50.5 Å². The molecule has 0 saturated carbocycles. The number of nitrogens with one attached hydrogen (secondary N) is 1. The van der Waals surface area contributed by atoms with Crippen LogP contribution in [-0.4, -0.2) is 44.8 Å². The molecule has 8 heteroatoms. The molecule has 1 amide bonds. The molecule has 0 radical (unpaired) electrons. The van der Waals surface area contributed by atoms with E-state index in [1.807, 2.05) is 6.92 Å². The van der Waals surface area contributed by atoms with Gasteiger partial charge in [0.2, 0.25) is 15.9 Å². The molecule has 0 spiro atoms. The minimum Gasteiger partial charge on any atom is -0.372 e. The minimum absolute atomic E-state index is 0.0478. The van der Waals surface area contributed by atoms with Gasteiger partial charge in [-0.1, -0.05) is 19.1 Å². The zero-order valence-electron chi connectivity index (χ0n) is 19.9. The molecule has 2 aliphatic rings. The second-order valence-electron chi connectivity index (χ2n) is 9.65. The van der Waals surface area contributed by atoms with Crippen molar-refractivity contribution in [3.63, 3.8) is 0 Å². The van der Waals surface area contributed by atoms with Crippen molar-refractivity contribution in [1.29, 1.82) is 0 Å². The predicted molar refractivity (Wildman–Crippen MR) is 131 cm³/mol. The Morgan fingerprint density at radius 1 is 1.00 bits per heavy atom. The number of nitrogens with zero attached hydrogens (tertiary/aromatic N) is 2. The van der Waals surface area contributed by atoms with Gasteiger partial charge in [-0.05, 0) is 80.5 Å². The summed E-state index contributed by atoms with van der Waals surface area (Å²) >= 11 is 0. The van der Waals surface area contributed by atoms with Gasteiger partial charge in [-0.2, -0.15) is 4.31 Å². The molecule has 34 heavy (non-hydrogen) atoms. The van der Waals surface area contributed by atoms with Gasteiger partial charge in [0.05, 0.1) is 16.9 Å². The summed E-state index contributed by atoms with van der Waals surface area (Å²) in [5.41, 5.74) is 2.23. The Bertz CT molecular complexity index is 1080. The lowest BCUT2D eigenvalue weighted by atomic mass is 9.97. The molecular weight excluding hydrogens is 453 g/mol. The van der Waals surface area contributed by atoms with E-state index >= 15 is 0 Å². The van der Waals surface area contributed by atoms with Crippen LogP contribution >= 0.6 is 0 Å². The number of carbonyl (C=O) groups excluding carboxylic acids is 1. The SMILES string of the molecule is CC1CCN(c2ccc([C@H](C)NC(=O)[C@@H]3CCCN(S(=O)(=O)c4ccc(F)cc4)C3)cc2)CC1. The fourth-order valence-corrected chi connectivity index (χ4v) is 6.31. The molecule has 2 aromatic carbocycles. The maximum absolute atomic E-state index is 13.2. The average molecular weight is 488 g/mol. The monoisotopic (exact) mass is 487 g/mol. The number of sulfonamides is 1. The summed E-state index contributed by atoms with van der Waals surface area (Å²) in [6.45, 7) is 6.89. The molecule has 4 rings (SSSR count). The molecule has 0 aromatic heterocycles. The standard InChI is InChI=1S/C26H34FN3O3S/c1-19-13-16-29(17-14-19)24-9-5-21(6-10-24)20(2)28-26(31)22-4-3-15-30(18-22)34(32,33)25-11-7-23(27)8-12-25/h5-12,19-20,22H,3-4,13-18H2,1-2H3,(H,28,31)/t20-,22+/m0/s1. The third-order valence-corrected chi connectivity index (χ3v) is 8.99. The van der Waals surface area contributed by atoms with Crippen molar-refractivity contribution < 1.29 is 17.6 Å². The highest BCUT2D eigenvalue weighted by Crippen LogP contribution is 2.27. The molecule has 1 N–H and O–H groups in total. The van der Waals surface area contributed by atoms with E-state index in [1.54, 1.807) is 0 Å². The van der Waals surface area contributed by atoms with E-state index in [-0.39, 0.29) is 23.4 Å². The topological polar surface area (TPSA) is 69.7 Å². The number of halogens is 1. The molecule has 0 aliphatic carbocycles. The molecule has 0 bridgehead atoms. The first-order valence-electron chi connectivity index (χ1n) is 12.1. The Balaban J connectivity index is 1.36. The van der Waals surface area contributed by atoms with Gasteiger partial charge < -0.3 is 10.2 Å². The molecule has 2 aliphatic heterocycles. The Labute approximate surface area is 202 Å². The smallest absolute Gasteiger partial charge is 0.243 e. The summed E-state index contributed by atoms with van der Waals surface area (Å²) in [7, 11) is -3.76. The van der Waals surface area contributed by atoms with E-state index < -0.39 is 21.8 Å². The van der Waals surface area contributed by atoms with Crippen molar-refractivity contribution in [2.75, 3.05) is 31.1 Å². The van der Waals surface area contributed by atoms with Crippen molar-refractivity contribution >= 4 is 21.6 Å². The van der Waals surface area contributed by atoms with Crippen molar-refractivity contribution in [2.24, 2.45) is 11.8 Å². The van der Waals surface area contributed by atoms with E-state index in [4.69, 9.17) is 0 Å². The van der Waals surface area contributed by atoms with E-state index in [2.05, 4.69) is 41.4 Å². The predicted octanol–water partition coefficient (Wildman–Crippen LogP) is 4.34. The summed E-state index contributed by atoms with van der Waals surface area (Å²) in [4.78, 5) is 15.4. The third-order valence-electron chi connectivity index (χ3n) is 7.11. The molecule has 2 saturated heterocycles. The summed E-state index contributed by atoms with van der Waals surface area (Å²) < 4.78 is 40.5. The van der Waals surface area contributed by atoms with Crippen LogP contribution < -0.4 is 10.2 Å². The average Bonchev–Trinajstić information content (AvgIpc) is 2.85. The molecule has 184 valence electrons. The quantitative estimate of drug-likeness (QED) is 0.658. The number of hydrogen-bond donors (Lipinski definition) is 1.